The molecule has 0 aliphatic carbocycles. The molecule has 0 saturated heterocycles. The molecule has 0 aliphatic heterocycles. The van der Waals surface area contributed by atoms with E-state index in [9.17, 15) is 9.59 Å². The average molecular weight is 381 g/mol. The van der Waals surface area contributed by atoms with Gasteiger partial charge in [0.25, 0.3) is 11.8 Å². The van der Waals surface area contributed by atoms with Crippen molar-refractivity contribution in [1.29, 1.82) is 0 Å². The molecule has 2 N–H and O–H groups in total. The Kier molecular flexibility index (Phi) is 7.25. The van der Waals surface area contributed by atoms with Crippen LogP contribution in [0.5, 0.6) is 0 Å². The van der Waals surface area contributed by atoms with Crippen LogP contribution >= 0.6 is 23.2 Å². The van der Waals surface area contributed by atoms with Gasteiger partial charge in [-0.05, 0) is 42.8 Å². The molecule has 2 aromatic rings. The number of methoxy groups -OCH3 is 1. The highest BCUT2D eigenvalue weighted by Gasteiger charge is 2.12. The van der Waals surface area contributed by atoms with Gasteiger partial charge in [0.1, 0.15) is 0 Å². The highest BCUT2D eigenvalue weighted by molar-refractivity contribution is 6.36. The van der Waals surface area contributed by atoms with Crippen molar-refractivity contribution in [3.8, 4) is 0 Å². The number of hydrogen-bond donors (Lipinski definition) is 2. The van der Waals surface area contributed by atoms with Crippen LogP contribution in [0.25, 0.3) is 0 Å². The molecule has 0 atom stereocenters. The summed E-state index contributed by atoms with van der Waals surface area (Å²) in [4.78, 5) is 24.5. The van der Waals surface area contributed by atoms with Gasteiger partial charge in [-0.2, -0.15) is 0 Å². The molecule has 0 heterocycles. The Bertz CT molecular complexity index is 766. The van der Waals surface area contributed by atoms with Gasteiger partial charge >= 0.3 is 0 Å². The van der Waals surface area contributed by atoms with Gasteiger partial charge < -0.3 is 15.4 Å². The molecular formula is C18H18Cl2N2O3. The van der Waals surface area contributed by atoms with Crippen LogP contribution in [0.3, 0.4) is 0 Å². The zero-order valence-electron chi connectivity index (χ0n) is 13.6. The first-order chi connectivity index (χ1) is 12.0. The summed E-state index contributed by atoms with van der Waals surface area (Å²) in [6.45, 7) is 1.08. The summed E-state index contributed by atoms with van der Waals surface area (Å²) in [7, 11) is 1.61. The van der Waals surface area contributed by atoms with Crippen molar-refractivity contribution in [3.63, 3.8) is 0 Å². The van der Waals surface area contributed by atoms with Crippen LogP contribution < -0.4 is 10.6 Å². The van der Waals surface area contributed by atoms with Crippen molar-refractivity contribution in [3.05, 3.63) is 63.6 Å². The molecule has 0 spiro atoms. The predicted molar refractivity (Wildman–Crippen MR) is 99.7 cm³/mol. The SMILES string of the molecule is COCCCNC(=O)c1cccc(C(=O)Nc2ccc(Cl)cc2Cl)c1. The minimum atomic E-state index is -0.363. The summed E-state index contributed by atoms with van der Waals surface area (Å²) in [5.41, 5.74) is 1.22. The van der Waals surface area contributed by atoms with Crippen LogP contribution in [0, 0.1) is 0 Å². The third-order valence-electron chi connectivity index (χ3n) is 3.38. The van der Waals surface area contributed by atoms with Crippen molar-refractivity contribution in [1.82, 2.24) is 5.32 Å². The van der Waals surface area contributed by atoms with Crippen molar-refractivity contribution in [2.75, 3.05) is 25.6 Å². The van der Waals surface area contributed by atoms with Gasteiger partial charge in [0.15, 0.2) is 0 Å². The maximum atomic E-state index is 12.4. The molecule has 5 nitrogen and oxygen atoms in total. The number of hydrogen-bond acceptors (Lipinski definition) is 3. The lowest BCUT2D eigenvalue weighted by atomic mass is 10.1. The zero-order chi connectivity index (χ0) is 18.2. The lowest BCUT2D eigenvalue weighted by Gasteiger charge is -2.09. The first-order valence-electron chi connectivity index (χ1n) is 7.65. The molecular weight excluding hydrogens is 363 g/mol. The molecule has 25 heavy (non-hydrogen) atoms. The topological polar surface area (TPSA) is 67.4 Å². The maximum Gasteiger partial charge on any atom is 0.255 e. The number of carbonyl (C=O) groups excluding carboxylic acids is 2. The summed E-state index contributed by atoms with van der Waals surface area (Å²) in [6.07, 6.45) is 0.720. The third-order valence-corrected chi connectivity index (χ3v) is 3.92. The van der Waals surface area contributed by atoms with Crippen molar-refractivity contribution >= 4 is 40.7 Å². The monoisotopic (exact) mass is 380 g/mol. The number of anilines is 1. The average Bonchev–Trinajstić information content (AvgIpc) is 2.61. The van der Waals surface area contributed by atoms with Gasteiger partial charge in [0.2, 0.25) is 0 Å². The van der Waals surface area contributed by atoms with Gasteiger partial charge in [-0.15, -0.1) is 0 Å². The predicted octanol–water partition coefficient (Wildman–Crippen LogP) is 4.01. The van der Waals surface area contributed by atoms with Gasteiger partial charge in [0.05, 0.1) is 10.7 Å². The Morgan fingerprint density at radius 2 is 1.76 bits per heavy atom. The van der Waals surface area contributed by atoms with E-state index in [0.717, 1.165) is 6.42 Å². The minimum Gasteiger partial charge on any atom is -0.385 e. The fourth-order valence-electron chi connectivity index (χ4n) is 2.11. The summed E-state index contributed by atoms with van der Waals surface area (Å²) in [6, 6.07) is 11.3. The largest absolute Gasteiger partial charge is 0.385 e. The standard InChI is InChI=1S/C18H18Cl2N2O3/c1-25-9-3-8-21-17(23)12-4-2-5-13(10-12)18(24)22-16-7-6-14(19)11-15(16)20/h2,4-7,10-11H,3,8-9H2,1H3,(H,21,23)(H,22,24). The molecule has 0 aromatic heterocycles. The fraction of sp³-hybridized carbons (Fsp3) is 0.222. The number of ether oxygens (including phenoxy) is 1. The molecule has 2 amide bonds. The Hall–Kier alpha value is -2.08. The van der Waals surface area contributed by atoms with Crippen LogP contribution in [0.2, 0.25) is 10.0 Å². The number of benzene rings is 2. The lowest BCUT2D eigenvalue weighted by molar-refractivity contribution is 0.0948. The number of halogens is 2. The van der Waals surface area contributed by atoms with E-state index in [-0.39, 0.29) is 11.8 Å². The van der Waals surface area contributed by atoms with Crippen LogP contribution in [0.15, 0.2) is 42.5 Å². The quantitative estimate of drug-likeness (QED) is 0.712. The van der Waals surface area contributed by atoms with Crippen molar-refractivity contribution in [2.24, 2.45) is 0 Å². The first kappa shape index (κ1) is 19.2. The molecule has 0 bridgehead atoms. The van der Waals surface area contributed by atoms with Crippen LogP contribution in [0.1, 0.15) is 27.1 Å². The molecule has 132 valence electrons. The second kappa shape index (κ2) is 9.42. The molecule has 0 saturated carbocycles. The van der Waals surface area contributed by atoms with E-state index in [0.29, 0.717) is 40.0 Å². The van der Waals surface area contributed by atoms with Gasteiger partial charge in [0, 0.05) is 36.4 Å². The smallest absolute Gasteiger partial charge is 0.255 e. The zero-order valence-corrected chi connectivity index (χ0v) is 15.2. The van der Waals surface area contributed by atoms with E-state index in [4.69, 9.17) is 27.9 Å². The number of carbonyl (C=O) groups is 2. The summed E-state index contributed by atoms with van der Waals surface area (Å²) < 4.78 is 4.93. The second-order valence-electron chi connectivity index (χ2n) is 5.26. The molecule has 0 fully saturated rings. The second-order valence-corrected chi connectivity index (χ2v) is 6.10. The molecule has 7 heteroatoms. The Morgan fingerprint density at radius 3 is 2.44 bits per heavy atom. The van der Waals surface area contributed by atoms with Crippen molar-refractivity contribution in [2.45, 2.75) is 6.42 Å². The maximum absolute atomic E-state index is 12.4. The summed E-state index contributed by atoms with van der Waals surface area (Å²) >= 11 is 11.9. The summed E-state index contributed by atoms with van der Waals surface area (Å²) in [5, 5.41) is 6.30. The van der Waals surface area contributed by atoms with E-state index in [1.165, 1.54) is 6.07 Å². The third kappa shape index (κ3) is 5.74. The Morgan fingerprint density at radius 1 is 1.04 bits per heavy atom. The van der Waals surface area contributed by atoms with Gasteiger partial charge in [-0.25, -0.2) is 0 Å². The normalized spacial score (nSPS) is 10.4. The van der Waals surface area contributed by atoms with E-state index >= 15 is 0 Å². The Labute approximate surface area is 156 Å². The number of amides is 2. The highest BCUT2D eigenvalue weighted by atomic mass is 35.5. The molecule has 0 radical (unpaired) electrons. The van der Waals surface area contributed by atoms with E-state index in [2.05, 4.69) is 10.6 Å². The number of rotatable bonds is 7. The molecule has 2 rings (SSSR count). The van der Waals surface area contributed by atoms with Crippen LogP contribution in [0.4, 0.5) is 5.69 Å². The van der Waals surface area contributed by atoms with E-state index in [1.54, 1.807) is 43.5 Å². The molecule has 0 aliphatic rings. The van der Waals surface area contributed by atoms with Crippen LogP contribution in [-0.4, -0.2) is 32.1 Å². The molecule has 0 unspecified atom stereocenters. The first-order valence-corrected chi connectivity index (χ1v) is 8.40. The lowest BCUT2D eigenvalue weighted by Crippen LogP contribution is -2.25. The van der Waals surface area contributed by atoms with Crippen LogP contribution in [-0.2, 0) is 4.74 Å². The number of nitrogens with one attached hydrogen (secondary N) is 2. The fourth-order valence-corrected chi connectivity index (χ4v) is 2.56. The van der Waals surface area contributed by atoms with Gasteiger partial charge in [-0.1, -0.05) is 29.3 Å². The van der Waals surface area contributed by atoms with E-state index < -0.39 is 0 Å². The Balaban J connectivity index is 2.04. The van der Waals surface area contributed by atoms with Gasteiger partial charge in [-0.3, -0.25) is 9.59 Å². The minimum absolute atomic E-state index is 0.240. The van der Waals surface area contributed by atoms with E-state index in [1.807, 2.05) is 0 Å². The molecule has 2 aromatic carbocycles. The summed E-state index contributed by atoms with van der Waals surface area (Å²) in [5.74, 6) is -0.603. The highest BCUT2D eigenvalue weighted by Crippen LogP contribution is 2.25. The van der Waals surface area contributed by atoms with Crippen molar-refractivity contribution < 1.29 is 14.3 Å².